The summed E-state index contributed by atoms with van der Waals surface area (Å²) in [5.74, 6) is -4.40. The number of amidine groups is 1. The van der Waals surface area contributed by atoms with Crippen LogP contribution in [-0.2, 0) is 28.7 Å². The normalized spacial score (nSPS) is 11.6. The van der Waals surface area contributed by atoms with Gasteiger partial charge in [-0.25, -0.2) is 14.4 Å². The number of rotatable bonds is 14. The molecule has 0 aromatic heterocycles. The summed E-state index contributed by atoms with van der Waals surface area (Å²) < 4.78 is 15.1. The lowest BCUT2D eigenvalue weighted by atomic mass is 10.1. The van der Waals surface area contributed by atoms with E-state index in [0.29, 0.717) is 11.1 Å². The second-order valence-corrected chi connectivity index (χ2v) is 8.68. The fraction of sp³-hybridized carbons (Fsp3) is 0.310. The second-order valence-electron chi connectivity index (χ2n) is 8.68. The van der Waals surface area contributed by atoms with E-state index in [0.717, 1.165) is 4.90 Å². The molecular formula is C29H33N3O9. The predicted octanol–water partition coefficient (Wildman–Crippen LogP) is 2.78. The zero-order valence-electron chi connectivity index (χ0n) is 23.0. The van der Waals surface area contributed by atoms with Gasteiger partial charge in [0.25, 0.3) is 5.91 Å². The molecule has 4 N–H and O–H groups in total. The van der Waals surface area contributed by atoms with Gasteiger partial charge in [0.05, 0.1) is 18.8 Å². The number of esters is 3. The van der Waals surface area contributed by atoms with Gasteiger partial charge in [-0.2, -0.15) is 0 Å². The Morgan fingerprint density at radius 1 is 0.951 bits per heavy atom. The number of nitrogens with two attached hydrogens (primary N) is 1. The third-order valence-corrected chi connectivity index (χ3v) is 5.64. The molecule has 12 heteroatoms. The van der Waals surface area contributed by atoms with E-state index >= 15 is 0 Å². The van der Waals surface area contributed by atoms with E-state index < -0.39 is 35.8 Å². The summed E-state index contributed by atoms with van der Waals surface area (Å²) in [5.41, 5.74) is 6.77. The molecule has 1 amide bonds. The number of nitrogens with one attached hydrogen (secondary N) is 1. The van der Waals surface area contributed by atoms with E-state index in [4.69, 9.17) is 25.4 Å². The van der Waals surface area contributed by atoms with Gasteiger partial charge < -0.3 is 30.0 Å². The van der Waals surface area contributed by atoms with Gasteiger partial charge in [-0.1, -0.05) is 12.1 Å². The lowest BCUT2D eigenvalue weighted by Crippen LogP contribution is -2.51. The first kappa shape index (κ1) is 32.2. The number of benzene rings is 2. The van der Waals surface area contributed by atoms with Gasteiger partial charge in [-0.15, -0.1) is 0 Å². The number of carbonyl (C=O) groups is 5. The minimum absolute atomic E-state index is 0.0648. The number of carboxylic acid groups (broad SMARTS) is 1. The smallest absolute Gasteiger partial charge is 0.343 e. The Labute approximate surface area is 237 Å². The molecule has 0 heterocycles. The molecule has 0 spiro atoms. The highest BCUT2D eigenvalue weighted by molar-refractivity contribution is 6.06. The van der Waals surface area contributed by atoms with Crippen LogP contribution in [0.5, 0.6) is 5.75 Å². The molecule has 1 unspecified atom stereocenters. The van der Waals surface area contributed by atoms with Gasteiger partial charge in [-0.05, 0) is 75.2 Å². The van der Waals surface area contributed by atoms with E-state index in [1.54, 1.807) is 31.2 Å². The molecule has 41 heavy (non-hydrogen) atoms. The summed E-state index contributed by atoms with van der Waals surface area (Å²) >= 11 is 0. The molecule has 0 aliphatic heterocycles. The second kappa shape index (κ2) is 15.6. The number of ether oxygens (including phenoxy) is 3. The van der Waals surface area contributed by atoms with Crippen molar-refractivity contribution in [3.8, 4) is 5.75 Å². The highest BCUT2D eigenvalue weighted by Crippen LogP contribution is 2.17. The summed E-state index contributed by atoms with van der Waals surface area (Å²) in [6.45, 7) is 4.50. The molecule has 0 aliphatic rings. The number of hydrogen-bond donors (Lipinski definition) is 3. The van der Waals surface area contributed by atoms with Gasteiger partial charge in [-0.3, -0.25) is 15.0 Å². The average Bonchev–Trinajstić information content (AvgIpc) is 2.92. The monoisotopic (exact) mass is 567 g/mol. The Balaban J connectivity index is 2.21. The molecule has 1 atom stereocenters. The number of amides is 1. The molecule has 2 rings (SSSR count). The van der Waals surface area contributed by atoms with Crippen LogP contribution in [0.3, 0.4) is 0 Å². The number of carboxylic acids is 1. The highest BCUT2D eigenvalue weighted by atomic mass is 16.5. The van der Waals surface area contributed by atoms with E-state index in [9.17, 15) is 29.1 Å². The first-order valence-corrected chi connectivity index (χ1v) is 12.8. The molecule has 0 saturated carbocycles. The zero-order valence-corrected chi connectivity index (χ0v) is 23.0. The van der Waals surface area contributed by atoms with Gasteiger partial charge in [0, 0.05) is 24.1 Å². The van der Waals surface area contributed by atoms with Crippen LogP contribution in [0.25, 0.3) is 6.08 Å². The maximum absolute atomic E-state index is 13.3. The van der Waals surface area contributed by atoms with Crippen molar-refractivity contribution in [2.75, 3.05) is 19.8 Å². The van der Waals surface area contributed by atoms with Crippen LogP contribution in [-0.4, -0.2) is 71.4 Å². The average molecular weight is 568 g/mol. The van der Waals surface area contributed by atoms with Crippen molar-refractivity contribution in [1.82, 2.24) is 4.90 Å². The molecule has 2 aromatic rings. The van der Waals surface area contributed by atoms with E-state index in [1.165, 1.54) is 44.2 Å². The van der Waals surface area contributed by atoms with Crippen LogP contribution in [0.1, 0.15) is 55.1 Å². The van der Waals surface area contributed by atoms with Crippen LogP contribution in [0.2, 0.25) is 0 Å². The topological polar surface area (TPSA) is 186 Å². The number of aliphatic carboxylic acids is 1. The summed E-state index contributed by atoms with van der Waals surface area (Å²) in [6.07, 6.45) is 1.46. The Kier molecular flexibility index (Phi) is 12.2. The van der Waals surface area contributed by atoms with E-state index in [1.807, 2.05) is 0 Å². The van der Waals surface area contributed by atoms with Crippen molar-refractivity contribution in [3.05, 3.63) is 70.8 Å². The fourth-order valence-electron chi connectivity index (χ4n) is 3.68. The summed E-state index contributed by atoms with van der Waals surface area (Å²) in [5, 5.41) is 17.1. The van der Waals surface area contributed by atoms with E-state index in [-0.39, 0.29) is 55.3 Å². The van der Waals surface area contributed by atoms with Crippen LogP contribution in [0, 0.1) is 5.41 Å². The molecule has 0 aliphatic carbocycles. The molecule has 0 saturated heterocycles. The first-order chi connectivity index (χ1) is 19.5. The van der Waals surface area contributed by atoms with Crippen LogP contribution in [0.15, 0.2) is 54.1 Å². The SMILES string of the molecule is CCOC(=O)CCCN(C(=O)C(C)=Cc1ccc(C(=O)Oc2ccc(C(=N)N)cc2)cc1)C(C(=O)O)C(=O)OCC. The molecule has 12 nitrogen and oxygen atoms in total. The molecule has 0 radical (unpaired) electrons. The van der Waals surface area contributed by atoms with Gasteiger partial charge in [0.1, 0.15) is 11.6 Å². The zero-order chi connectivity index (χ0) is 30.5. The Hall–Kier alpha value is -5.00. The quantitative estimate of drug-likeness (QED) is 0.0765. The summed E-state index contributed by atoms with van der Waals surface area (Å²) in [7, 11) is 0. The van der Waals surface area contributed by atoms with Crippen LogP contribution >= 0.6 is 0 Å². The van der Waals surface area contributed by atoms with E-state index in [2.05, 4.69) is 0 Å². The number of nitrogens with zero attached hydrogens (tertiary/aromatic N) is 1. The van der Waals surface area contributed by atoms with Gasteiger partial charge in [0.2, 0.25) is 6.04 Å². The van der Waals surface area contributed by atoms with Gasteiger partial charge in [0.15, 0.2) is 0 Å². The fourth-order valence-corrected chi connectivity index (χ4v) is 3.68. The lowest BCUT2D eigenvalue weighted by Gasteiger charge is -2.28. The number of hydrogen-bond acceptors (Lipinski definition) is 9. The maximum Gasteiger partial charge on any atom is 0.343 e. The van der Waals surface area contributed by atoms with Crippen molar-refractivity contribution >= 4 is 41.7 Å². The van der Waals surface area contributed by atoms with Crippen molar-refractivity contribution in [3.63, 3.8) is 0 Å². The molecule has 218 valence electrons. The minimum atomic E-state index is -1.91. The Morgan fingerprint density at radius 3 is 2.07 bits per heavy atom. The number of nitrogen functional groups attached to an aromatic ring is 1. The molecule has 0 bridgehead atoms. The maximum atomic E-state index is 13.3. The first-order valence-electron chi connectivity index (χ1n) is 12.8. The number of carbonyl (C=O) groups excluding carboxylic acids is 4. The third-order valence-electron chi connectivity index (χ3n) is 5.64. The van der Waals surface area contributed by atoms with Crippen LogP contribution in [0.4, 0.5) is 0 Å². The highest BCUT2D eigenvalue weighted by Gasteiger charge is 2.37. The third kappa shape index (κ3) is 9.60. The summed E-state index contributed by atoms with van der Waals surface area (Å²) in [6, 6.07) is 10.3. The summed E-state index contributed by atoms with van der Waals surface area (Å²) in [4.78, 5) is 62.8. The molecule has 0 fully saturated rings. The standard InChI is InChI=1S/C29H33N3O9/c1-4-39-23(33)7-6-16-32(24(27(35)36)29(38)40-5-2)26(34)18(3)17-19-8-10-21(11-9-19)28(37)41-22-14-12-20(13-15-22)25(30)31/h8-15,17,24H,4-7,16H2,1-3H3,(H3,30,31)(H,35,36). The molecule has 2 aromatic carbocycles. The lowest BCUT2D eigenvalue weighted by molar-refractivity contribution is -0.164. The minimum Gasteiger partial charge on any atom is -0.479 e. The van der Waals surface area contributed by atoms with Crippen molar-refractivity contribution in [2.24, 2.45) is 5.73 Å². The Morgan fingerprint density at radius 2 is 1.54 bits per heavy atom. The van der Waals surface area contributed by atoms with Crippen molar-refractivity contribution in [1.29, 1.82) is 5.41 Å². The predicted molar refractivity (Wildman–Crippen MR) is 148 cm³/mol. The largest absolute Gasteiger partial charge is 0.479 e. The van der Waals surface area contributed by atoms with Crippen molar-refractivity contribution in [2.45, 2.75) is 39.7 Å². The van der Waals surface area contributed by atoms with Crippen molar-refractivity contribution < 1.29 is 43.3 Å². The Bertz CT molecular complexity index is 1300. The van der Waals surface area contributed by atoms with Gasteiger partial charge >= 0.3 is 23.9 Å². The van der Waals surface area contributed by atoms with Crippen LogP contribution < -0.4 is 10.5 Å². The molecular weight excluding hydrogens is 534 g/mol.